The van der Waals surface area contributed by atoms with E-state index in [4.69, 9.17) is 9.47 Å². The number of aromatic nitrogens is 3. The Labute approximate surface area is 179 Å². The lowest BCUT2D eigenvalue weighted by molar-refractivity contribution is 0.102. The summed E-state index contributed by atoms with van der Waals surface area (Å²) < 4.78 is 26.7. The van der Waals surface area contributed by atoms with Gasteiger partial charge in [-0.2, -0.15) is 0 Å². The largest absolute Gasteiger partial charge is 0.497 e. The van der Waals surface area contributed by atoms with Crippen molar-refractivity contribution in [3.8, 4) is 11.5 Å². The molecule has 0 spiro atoms. The molecular formula is C22H24FN3O3S. The predicted molar refractivity (Wildman–Crippen MR) is 114 cm³/mol. The van der Waals surface area contributed by atoms with E-state index in [1.54, 1.807) is 56.5 Å². The molecule has 0 aliphatic heterocycles. The van der Waals surface area contributed by atoms with E-state index >= 15 is 0 Å². The number of halogens is 1. The van der Waals surface area contributed by atoms with Crippen LogP contribution in [-0.4, -0.2) is 33.4 Å². The second-order valence-corrected chi connectivity index (χ2v) is 7.88. The molecule has 0 fully saturated rings. The number of Topliss-reactive ketones (excluding diaryl/α,β-unsaturated/α-hetero) is 1. The van der Waals surface area contributed by atoms with Crippen molar-refractivity contribution in [3.05, 3.63) is 65.7 Å². The Kier molecular flexibility index (Phi) is 7.10. The van der Waals surface area contributed by atoms with Crippen LogP contribution in [0.15, 0.2) is 53.7 Å². The van der Waals surface area contributed by atoms with E-state index in [0.717, 1.165) is 0 Å². The molecule has 0 saturated heterocycles. The van der Waals surface area contributed by atoms with Gasteiger partial charge in [-0.25, -0.2) is 4.39 Å². The van der Waals surface area contributed by atoms with E-state index in [1.165, 1.54) is 17.8 Å². The molecule has 3 aromatic rings. The van der Waals surface area contributed by atoms with Gasteiger partial charge in [0.15, 0.2) is 34.4 Å². The highest BCUT2D eigenvalue weighted by atomic mass is 32.2. The summed E-state index contributed by atoms with van der Waals surface area (Å²) in [5, 5.41) is 9.12. The topological polar surface area (TPSA) is 66.2 Å². The number of hydrogen-bond acceptors (Lipinski definition) is 6. The second kappa shape index (κ2) is 9.75. The number of thioether (sulfide) groups is 1. The van der Waals surface area contributed by atoms with Gasteiger partial charge in [0.1, 0.15) is 5.75 Å². The fraction of sp³-hybridized carbons (Fsp3) is 0.318. The zero-order valence-electron chi connectivity index (χ0n) is 17.3. The minimum atomic E-state index is -0.511. The van der Waals surface area contributed by atoms with Crippen molar-refractivity contribution in [1.29, 1.82) is 0 Å². The van der Waals surface area contributed by atoms with Gasteiger partial charge in [-0.1, -0.05) is 23.9 Å². The first-order chi connectivity index (χ1) is 14.4. The first-order valence-corrected chi connectivity index (χ1v) is 10.5. The minimum Gasteiger partial charge on any atom is -0.497 e. The predicted octanol–water partition coefficient (Wildman–Crippen LogP) is 5.12. The molecule has 8 heteroatoms. The van der Waals surface area contributed by atoms with E-state index in [1.807, 2.05) is 18.4 Å². The lowest BCUT2D eigenvalue weighted by atomic mass is 10.1. The summed E-state index contributed by atoms with van der Waals surface area (Å²) in [5.41, 5.74) is 0.607. The van der Waals surface area contributed by atoms with E-state index in [9.17, 15) is 9.18 Å². The molecule has 6 nitrogen and oxygen atoms in total. The molecule has 158 valence electrons. The van der Waals surface area contributed by atoms with Crippen molar-refractivity contribution < 1.29 is 18.7 Å². The fourth-order valence-corrected chi connectivity index (χ4v) is 3.89. The first kappa shape index (κ1) is 21.8. The Morgan fingerprint density at radius 1 is 1.10 bits per heavy atom. The molecule has 1 atom stereocenters. The maximum Gasteiger partial charge on any atom is 0.192 e. The van der Waals surface area contributed by atoms with Crippen LogP contribution in [0.3, 0.4) is 0 Å². The van der Waals surface area contributed by atoms with E-state index in [-0.39, 0.29) is 23.3 Å². The van der Waals surface area contributed by atoms with Crippen molar-refractivity contribution in [2.75, 3.05) is 12.9 Å². The minimum absolute atomic E-state index is 0.0156. The third kappa shape index (κ3) is 4.99. The van der Waals surface area contributed by atoms with Crippen molar-refractivity contribution in [2.45, 2.75) is 38.1 Å². The van der Waals surface area contributed by atoms with Crippen LogP contribution in [-0.2, 0) is 0 Å². The van der Waals surface area contributed by atoms with Gasteiger partial charge in [-0.05, 0) is 57.2 Å². The standard InChI is InChI=1S/C22H24FN3O3S/c1-14(2)26-21(15(3)29-20-8-6-5-7-18(20)23)24-25-22(26)30-13-19(27)16-9-11-17(28-4)12-10-16/h5-12,14-15H,13H2,1-4H3. The first-order valence-electron chi connectivity index (χ1n) is 9.56. The average molecular weight is 430 g/mol. The third-order valence-corrected chi connectivity index (χ3v) is 5.40. The molecule has 1 unspecified atom stereocenters. The van der Waals surface area contributed by atoms with E-state index in [2.05, 4.69) is 10.2 Å². The number of rotatable bonds is 9. The van der Waals surface area contributed by atoms with Crippen molar-refractivity contribution >= 4 is 17.5 Å². The normalized spacial score (nSPS) is 12.1. The quantitative estimate of drug-likeness (QED) is 0.347. The summed E-state index contributed by atoms with van der Waals surface area (Å²) in [6.07, 6.45) is -0.511. The summed E-state index contributed by atoms with van der Waals surface area (Å²) in [6.45, 7) is 5.79. The van der Waals surface area contributed by atoms with Crippen LogP contribution in [0.5, 0.6) is 11.5 Å². The van der Waals surface area contributed by atoms with Crippen molar-refractivity contribution in [2.24, 2.45) is 0 Å². The summed E-state index contributed by atoms with van der Waals surface area (Å²) in [7, 11) is 1.58. The molecule has 0 N–H and O–H groups in total. The van der Waals surface area contributed by atoms with Crippen LogP contribution in [0, 0.1) is 5.82 Å². The van der Waals surface area contributed by atoms with Gasteiger partial charge in [-0.15, -0.1) is 10.2 Å². The van der Waals surface area contributed by atoms with Gasteiger partial charge in [-0.3, -0.25) is 4.79 Å². The third-order valence-electron chi connectivity index (χ3n) is 4.46. The molecular weight excluding hydrogens is 405 g/mol. The zero-order valence-corrected chi connectivity index (χ0v) is 18.1. The number of nitrogens with zero attached hydrogens (tertiary/aromatic N) is 3. The molecule has 0 aliphatic rings. The number of ketones is 1. The zero-order chi connectivity index (χ0) is 21.7. The van der Waals surface area contributed by atoms with Crippen LogP contribution >= 0.6 is 11.8 Å². The Balaban J connectivity index is 1.73. The molecule has 2 aromatic carbocycles. The Morgan fingerprint density at radius 2 is 1.80 bits per heavy atom. The van der Waals surface area contributed by atoms with Gasteiger partial charge in [0.25, 0.3) is 0 Å². The molecule has 1 aromatic heterocycles. The molecule has 30 heavy (non-hydrogen) atoms. The summed E-state index contributed by atoms with van der Waals surface area (Å²) in [6, 6.07) is 13.3. The van der Waals surface area contributed by atoms with Crippen molar-refractivity contribution in [1.82, 2.24) is 14.8 Å². The van der Waals surface area contributed by atoms with Crippen LogP contribution in [0.25, 0.3) is 0 Å². The highest BCUT2D eigenvalue weighted by Crippen LogP contribution is 2.29. The van der Waals surface area contributed by atoms with Crippen LogP contribution < -0.4 is 9.47 Å². The highest BCUT2D eigenvalue weighted by molar-refractivity contribution is 7.99. The number of benzene rings is 2. The van der Waals surface area contributed by atoms with Crippen LogP contribution in [0.1, 0.15) is 49.1 Å². The lowest BCUT2D eigenvalue weighted by Gasteiger charge is -2.19. The van der Waals surface area contributed by atoms with Gasteiger partial charge in [0, 0.05) is 11.6 Å². The molecule has 0 aliphatic carbocycles. The van der Waals surface area contributed by atoms with Gasteiger partial charge in [0.2, 0.25) is 0 Å². The molecule has 1 heterocycles. The van der Waals surface area contributed by atoms with Gasteiger partial charge in [0.05, 0.1) is 12.9 Å². The Hall–Kier alpha value is -2.87. The molecule has 0 radical (unpaired) electrons. The summed E-state index contributed by atoms with van der Waals surface area (Å²) >= 11 is 1.31. The van der Waals surface area contributed by atoms with Gasteiger partial charge >= 0.3 is 0 Å². The number of carbonyl (C=O) groups is 1. The number of para-hydroxylation sites is 1. The van der Waals surface area contributed by atoms with E-state index in [0.29, 0.717) is 22.3 Å². The summed E-state index contributed by atoms with van der Waals surface area (Å²) in [4.78, 5) is 12.5. The second-order valence-electron chi connectivity index (χ2n) is 6.94. The SMILES string of the molecule is COc1ccc(C(=O)CSc2nnc(C(C)Oc3ccccc3F)n2C(C)C)cc1. The maximum absolute atomic E-state index is 13.9. The van der Waals surface area contributed by atoms with Crippen LogP contribution in [0.4, 0.5) is 4.39 Å². The molecule has 0 bridgehead atoms. The smallest absolute Gasteiger partial charge is 0.192 e. The number of hydrogen-bond donors (Lipinski definition) is 0. The Morgan fingerprint density at radius 3 is 2.43 bits per heavy atom. The monoisotopic (exact) mass is 429 g/mol. The summed E-state index contributed by atoms with van der Waals surface area (Å²) in [5.74, 6) is 1.21. The van der Waals surface area contributed by atoms with E-state index < -0.39 is 11.9 Å². The maximum atomic E-state index is 13.9. The molecule has 0 amide bonds. The molecule has 0 saturated carbocycles. The van der Waals surface area contributed by atoms with Crippen molar-refractivity contribution in [3.63, 3.8) is 0 Å². The number of carbonyl (C=O) groups excluding carboxylic acids is 1. The molecule has 3 rings (SSSR count). The Bertz CT molecular complexity index is 1010. The fourth-order valence-electron chi connectivity index (χ4n) is 2.92. The average Bonchev–Trinajstić information content (AvgIpc) is 3.18. The lowest BCUT2D eigenvalue weighted by Crippen LogP contribution is -2.15. The number of ether oxygens (including phenoxy) is 2. The van der Waals surface area contributed by atoms with Gasteiger partial charge < -0.3 is 14.0 Å². The highest BCUT2D eigenvalue weighted by Gasteiger charge is 2.23. The van der Waals surface area contributed by atoms with Crippen LogP contribution in [0.2, 0.25) is 0 Å². The number of methoxy groups -OCH3 is 1.